The summed E-state index contributed by atoms with van der Waals surface area (Å²) in [5, 5.41) is 0.161. The maximum Gasteiger partial charge on any atom is 0.246 e. The third-order valence-electron chi connectivity index (χ3n) is 2.31. The van der Waals surface area contributed by atoms with Gasteiger partial charge in [0.05, 0.1) is 0 Å². The quantitative estimate of drug-likeness (QED) is 0.782. The van der Waals surface area contributed by atoms with E-state index in [0.29, 0.717) is 5.57 Å². The Kier molecular flexibility index (Phi) is 4.90. The fourth-order valence-corrected chi connectivity index (χ4v) is 3.20. The molecule has 1 rings (SSSR count). The third-order valence-corrected chi connectivity index (χ3v) is 4.50. The molecule has 0 radical (unpaired) electrons. The molecule has 0 heterocycles. The Morgan fingerprint density at radius 2 is 2.11 bits per heavy atom. The average Bonchev–Trinajstić information content (AvgIpc) is 2.24. The van der Waals surface area contributed by atoms with Crippen LogP contribution < -0.4 is 0 Å². The third kappa shape index (κ3) is 3.31. The van der Waals surface area contributed by atoms with Gasteiger partial charge in [0.2, 0.25) is 10.0 Å². The average molecular weight is 292 g/mol. The van der Waals surface area contributed by atoms with Gasteiger partial charge in [0, 0.05) is 18.1 Å². The Morgan fingerprint density at radius 3 is 2.56 bits per heavy atom. The molecule has 0 unspecified atom stereocenters. The number of hydrogen-bond donors (Lipinski definition) is 0. The maximum absolute atomic E-state index is 13.7. The minimum Gasteiger partial charge on any atom is -0.207 e. The number of likely N-dealkylation sites (N-methyl/N-ethyl adjacent to an activating group) is 1. The van der Waals surface area contributed by atoms with Crippen molar-refractivity contribution in [3.63, 3.8) is 0 Å². The zero-order chi connectivity index (χ0) is 13.9. The highest BCUT2D eigenvalue weighted by atomic mass is 35.5. The van der Waals surface area contributed by atoms with Crippen LogP contribution in [0.4, 0.5) is 4.39 Å². The van der Waals surface area contributed by atoms with E-state index in [1.54, 1.807) is 13.8 Å². The van der Waals surface area contributed by atoms with Crippen LogP contribution >= 0.6 is 11.6 Å². The standard InChI is InChI=1S/C12H15ClFNO2S/c1-4-15(8-9(2)3)18(16,17)12-6-5-10(13)7-11(12)14/h5-7H,2,4,8H2,1,3H3. The lowest BCUT2D eigenvalue weighted by Gasteiger charge is -2.20. The van der Waals surface area contributed by atoms with E-state index >= 15 is 0 Å². The molecule has 0 spiro atoms. The Balaban J connectivity index is 3.23. The Hall–Kier alpha value is -0.910. The highest BCUT2D eigenvalue weighted by molar-refractivity contribution is 7.89. The minimum absolute atomic E-state index is 0.161. The molecule has 0 aliphatic heterocycles. The molecule has 0 fully saturated rings. The van der Waals surface area contributed by atoms with E-state index in [-0.39, 0.29) is 23.0 Å². The second kappa shape index (κ2) is 5.82. The van der Waals surface area contributed by atoms with Crippen LogP contribution in [-0.4, -0.2) is 25.8 Å². The Morgan fingerprint density at radius 1 is 1.50 bits per heavy atom. The summed E-state index contributed by atoms with van der Waals surface area (Å²) >= 11 is 5.60. The molecule has 0 aliphatic rings. The number of rotatable bonds is 5. The minimum atomic E-state index is -3.85. The number of hydrogen-bond acceptors (Lipinski definition) is 2. The molecule has 0 saturated carbocycles. The van der Waals surface area contributed by atoms with Gasteiger partial charge in [-0.3, -0.25) is 0 Å². The molecule has 0 aliphatic carbocycles. The van der Waals surface area contributed by atoms with Gasteiger partial charge in [-0.15, -0.1) is 0 Å². The molecule has 0 N–H and O–H groups in total. The van der Waals surface area contributed by atoms with E-state index in [1.807, 2.05) is 0 Å². The fraction of sp³-hybridized carbons (Fsp3) is 0.333. The van der Waals surface area contributed by atoms with Crippen LogP contribution in [0, 0.1) is 5.82 Å². The predicted molar refractivity (Wildman–Crippen MR) is 70.7 cm³/mol. The first-order chi connectivity index (χ1) is 8.28. The number of halogens is 2. The van der Waals surface area contributed by atoms with E-state index in [4.69, 9.17) is 11.6 Å². The summed E-state index contributed by atoms with van der Waals surface area (Å²) < 4.78 is 39.3. The molecule has 18 heavy (non-hydrogen) atoms. The fourth-order valence-electron chi connectivity index (χ4n) is 1.49. The highest BCUT2D eigenvalue weighted by Gasteiger charge is 2.26. The SMILES string of the molecule is C=C(C)CN(CC)S(=O)(=O)c1ccc(Cl)cc1F. The lowest BCUT2D eigenvalue weighted by Crippen LogP contribution is -2.32. The van der Waals surface area contributed by atoms with Crippen LogP contribution in [-0.2, 0) is 10.0 Å². The summed E-state index contributed by atoms with van der Waals surface area (Å²) in [6.45, 7) is 7.49. The molecular weight excluding hydrogens is 277 g/mol. The Labute approximate surface area is 112 Å². The van der Waals surface area contributed by atoms with Gasteiger partial charge in [0.15, 0.2) is 0 Å². The van der Waals surface area contributed by atoms with Gasteiger partial charge >= 0.3 is 0 Å². The second-order valence-electron chi connectivity index (χ2n) is 3.96. The van der Waals surface area contributed by atoms with E-state index in [9.17, 15) is 12.8 Å². The summed E-state index contributed by atoms with van der Waals surface area (Å²) in [5.74, 6) is -0.845. The molecule has 0 bridgehead atoms. The lowest BCUT2D eigenvalue weighted by atomic mass is 10.3. The highest BCUT2D eigenvalue weighted by Crippen LogP contribution is 2.22. The van der Waals surface area contributed by atoms with Crippen LogP contribution in [0.15, 0.2) is 35.2 Å². The summed E-state index contributed by atoms with van der Waals surface area (Å²) in [5.41, 5.74) is 0.690. The number of nitrogens with zero attached hydrogens (tertiary/aromatic N) is 1. The van der Waals surface area contributed by atoms with E-state index < -0.39 is 15.8 Å². The van der Waals surface area contributed by atoms with E-state index in [1.165, 1.54) is 16.4 Å². The van der Waals surface area contributed by atoms with Gasteiger partial charge in [-0.2, -0.15) is 4.31 Å². The van der Waals surface area contributed by atoms with Crippen molar-refractivity contribution in [1.29, 1.82) is 0 Å². The molecule has 1 aromatic carbocycles. The smallest absolute Gasteiger partial charge is 0.207 e. The maximum atomic E-state index is 13.7. The van der Waals surface area contributed by atoms with Gasteiger partial charge in [-0.25, -0.2) is 12.8 Å². The van der Waals surface area contributed by atoms with Gasteiger partial charge in [0.25, 0.3) is 0 Å². The first-order valence-corrected chi connectivity index (χ1v) is 7.20. The molecule has 100 valence electrons. The van der Waals surface area contributed by atoms with Crippen molar-refractivity contribution >= 4 is 21.6 Å². The number of sulfonamides is 1. The topological polar surface area (TPSA) is 37.4 Å². The van der Waals surface area contributed by atoms with Crippen molar-refractivity contribution in [3.8, 4) is 0 Å². The molecule has 0 aromatic heterocycles. The Bertz CT molecular complexity index is 557. The van der Waals surface area contributed by atoms with Gasteiger partial charge < -0.3 is 0 Å². The molecule has 0 saturated heterocycles. The van der Waals surface area contributed by atoms with E-state index in [0.717, 1.165) is 6.07 Å². The van der Waals surface area contributed by atoms with Gasteiger partial charge in [-0.05, 0) is 25.1 Å². The van der Waals surface area contributed by atoms with Crippen LogP contribution in [0.1, 0.15) is 13.8 Å². The second-order valence-corrected chi connectivity index (χ2v) is 6.31. The molecule has 0 atom stereocenters. The monoisotopic (exact) mass is 291 g/mol. The summed E-state index contributed by atoms with van der Waals surface area (Å²) in [6, 6.07) is 3.52. The molecule has 6 heteroatoms. The van der Waals surface area contributed by atoms with Crippen molar-refractivity contribution in [2.75, 3.05) is 13.1 Å². The normalized spacial score (nSPS) is 11.8. The van der Waals surface area contributed by atoms with Crippen LogP contribution in [0.25, 0.3) is 0 Å². The zero-order valence-electron chi connectivity index (χ0n) is 10.3. The summed E-state index contributed by atoms with van der Waals surface area (Å²) in [7, 11) is -3.85. The zero-order valence-corrected chi connectivity index (χ0v) is 11.9. The van der Waals surface area contributed by atoms with Gasteiger partial charge in [0.1, 0.15) is 10.7 Å². The van der Waals surface area contributed by atoms with Crippen molar-refractivity contribution < 1.29 is 12.8 Å². The molecule has 0 amide bonds. The van der Waals surface area contributed by atoms with Gasteiger partial charge in [-0.1, -0.05) is 30.7 Å². The molecule has 3 nitrogen and oxygen atoms in total. The van der Waals surface area contributed by atoms with Crippen molar-refractivity contribution in [2.24, 2.45) is 0 Å². The first kappa shape index (κ1) is 15.1. The first-order valence-electron chi connectivity index (χ1n) is 5.38. The van der Waals surface area contributed by atoms with Crippen LogP contribution in [0.5, 0.6) is 0 Å². The van der Waals surface area contributed by atoms with Crippen LogP contribution in [0.2, 0.25) is 5.02 Å². The number of benzene rings is 1. The lowest BCUT2D eigenvalue weighted by molar-refractivity contribution is 0.447. The van der Waals surface area contributed by atoms with Crippen molar-refractivity contribution in [1.82, 2.24) is 4.31 Å². The van der Waals surface area contributed by atoms with Crippen LogP contribution in [0.3, 0.4) is 0 Å². The molecular formula is C12H15ClFNO2S. The van der Waals surface area contributed by atoms with Crippen molar-refractivity contribution in [3.05, 3.63) is 41.2 Å². The van der Waals surface area contributed by atoms with Crippen molar-refractivity contribution in [2.45, 2.75) is 18.7 Å². The summed E-state index contributed by atoms with van der Waals surface area (Å²) in [4.78, 5) is -0.366. The predicted octanol–water partition coefficient (Wildman–Crippen LogP) is 3.07. The molecule has 1 aromatic rings. The van der Waals surface area contributed by atoms with E-state index in [2.05, 4.69) is 6.58 Å². The summed E-state index contributed by atoms with van der Waals surface area (Å²) in [6.07, 6.45) is 0. The largest absolute Gasteiger partial charge is 0.246 e.